The number of nitrogens with zero attached hydrogens (tertiary/aromatic N) is 3. The molecule has 1 aliphatic rings. The summed E-state index contributed by atoms with van der Waals surface area (Å²) in [6.07, 6.45) is 3.83. The Morgan fingerprint density at radius 3 is 2.47 bits per heavy atom. The molecule has 3 heterocycles. The lowest BCUT2D eigenvalue weighted by atomic mass is 9.82. The van der Waals surface area contributed by atoms with Crippen LogP contribution in [-0.2, 0) is 5.41 Å². The topological polar surface area (TPSA) is 30.7 Å². The SMILES string of the molecule is CC1(C)c2ccccc2-c2cc3c4ccccc4n(-c4cccc5cnc6cccnc6c45)c3cc21. The molecule has 0 N–H and O–H groups in total. The number of rotatable bonds is 1. The molecule has 8 rings (SSSR count). The van der Waals surface area contributed by atoms with Crippen LogP contribution in [0.25, 0.3) is 60.4 Å². The molecule has 0 unspecified atom stereocenters. The van der Waals surface area contributed by atoms with E-state index in [9.17, 15) is 0 Å². The molecule has 0 aliphatic heterocycles. The highest BCUT2D eigenvalue weighted by atomic mass is 15.0. The van der Waals surface area contributed by atoms with Gasteiger partial charge in [0, 0.05) is 39.4 Å². The second-order valence-electron chi connectivity index (χ2n) is 10.3. The number of hydrogen-bond donors (Lipinski definition) is 0. The number of aromatic nitrogens is 3. The number of hydrogen-bond acceptors (Lipinski definition) is 2. The van der Waals surface area contributed by atoms with Crippen molar-refractivity contribution in [2.24, 2.45) is 0 Å². The monoisotopic (exact) mass is 461 g/mol. The van der Waals surface area contributed by atoms with E-state index in [0.717, 1.165) is 27.5 Å². The zero-order chi connectivity index (χ0) is 24.0. The third kappa shape index (κ3) is 2.42. The fraction of sp³-hybridized carbons (Fsp3) is 0.0909. The zero-order valence-electron chi connectivity index (χ0n) is 20.2. The van der Waals surface area contributed by atoms with Gasteiger partial charge in [0.05, 0.1) is 27.8 Å². The summed E-state index contributed by atoms with van der Waals surface area (Å²) in [6, 6.07) is 32.9. The number of fused-ring (bicyclic) bond motifs is 9. The minimum atomic E-state index is -0.0572. The number of pyridine rings is 2. The molecule has 0 fully saturated rings. The largest absolute Gasteiger partial charge is 0.309 e. The highest BCUT2D eigenvalue weighted by molar-refractivity contribution is 6.15. The van der Waals surface area contributed by atoms with Gasteiger partial charge in [-0.25, -0.2) is 0 Å². The van der Waals surface area contributed by atoms with Crippen LogP contribution in [0.4, 0.5) is 0 Å². The average molecular weight is 462 g/mol. The summed E-state index contributed by atoms with van der Waals surface area (Å²) in [6.45, 7) is 4.69. The summed E-state index contributed by atoms with van der Waals surface area (Å²) in [4.78, 5) is 9.45. The molecule has 36 heavy (non-hydrogen) atoms. The van der Waals surface area contributed by atoms with Gasteiger partial charge in [-0.1, -0.05) is 68.4 Å². The maximum Gasteiger partial charge on any atom is 0.0986 e. The molecule has 3 nitrogen and oxygen atoms in total. The van der Waals surface area contributed by atoms with Crippen LogP contribution in [0.1, 0.15) is 25.0 Å². The van der Waals surface area contributed by atoms with Crippen molar-refractivity contribution in [3.63, 3.8) is 0 Å². The van der Waals surface area contributed by atoms with Gasteiger partial charge >= 0.3 is 0 Å². The molecule has 0 spiro atoms. The maximum absolute atomic E-state index is 4.77. The smallest absolute Gasteiger partial charge is 0.0986 e. The van der Waals surface area contributed by atoms with Gasteiger partial charge in [0.2, 0.25) is 0 Å². The van der Waals surface area contributed by atoms with Crippen molar-refractivity contribution < 1.29 is 0 Å². The zero-order valence-corrected chi connectivity index (χ0v) is 20.2. The van der Waals surface area contributed by atoms with Crippen LogP contribution in [0, 0.1) is 0 Å². The first-order valence-corrected chi connectivity index (χ1v) is 12.4. The number of para-hydroxylation sites is 1. The third-order valence-corrected chi connectivity index (χ3v) is 8.06. The van der Waals surface area contributed by atoms with Gasteiger partial charge in [0.15, 0.2) is 0 Å². The summed E-state index contributed by atoms with van der Waals surface area (Å²) in [7, 11) is 0. The molecule has 0 radical (unpaired) electrons. The molecule has 0 bridgehead atoms. The summed E-state index contributed by atoms with van der Waals surface area (Å²) in [5.41, 5.74) is 10.8. The van der Waals surface area contributed by atoms with Crippen molar-refractivity contribution in [3.8, 4) is 16.8 Å². The van der Waals surface area contributed by atoms with E-state index in [4.69, 9.17) is 4.98 Å². The van der Waals surface area contributed by atoms with Gasteiger partial charge in [-0.05, 0) is 58.7 Å². The molecule has 7 aromatic rings. The molecular formula is C33H23N3. The van der Waals surface area contributed by atoms with E-state index < -0.39 is 0 Å². The first kappa shape index (κ1) is 19.8. The van der Waals surface area contributed by atoms with E-state index in [1.165, 1.54) is 44.1 Å². The van der Waals surface area contributed by atoms with Crippen LogP contribution < -0.4 is 0 Å². The summed E-state index contributed by atoms with van der Waals surface area (Å²) in [5.74, 6) is 0. The molecule has 3 aromatic heterocycles. The van der Waals surface area contributed by atoms with E-state index in [0.29, 0.717) is 0 Å². The van der Waals surface area contributed by atoms with E-state index in [1.54, 1.807) is 0 Å². The molecule has 1 aliphatic carbocycles. The van der Waals surface area contributed by atoms with Gasteiger partial charge < -0.3 is 4.57 Å². The molecule has 0 saturated carbocycles. The third-order valence-electron chi connectivity index (χ3n) is 8.06. The standard InChI is InChI=1S/C33H23N3/c1-33(2)25-12-5-3-10-21(25)23-17-24-22-11-4-6-14-28(22)36(30(24)18-26(23)33)29-15-7-9-20-19-35-27-13-8-16-34-32(27)31(20)29/h3-19H,1-2H3. The fourth-order valence-corrected chi connectivity index (χ4v) is 6.36. The van der Waals surface area contributed by atoms with Crippen LogP contribution in [-0.4, -0.2) is 14.5 Å². The maximum atomic E-state index is 4.77. The van der Waals surface area contributed by atoms with Crippen molar-refractivity contribution in [3.05, 3.63) is 115 Å². The van der Waals surface area contributed by atoms with Crippen molar-refractivity contribution in [1.29, 1.82) is 0 Å². The quantitative estimate of drug-likeness (QED) is 0.231. The highest BCUT2D eigenvalue weighted by Gasteiger charge is 2.36. The molecule has 0 amide bonds. The van der Waals surface area contributed by atoms with Crippen molar-refractivity contribution in [2.75, 3.05) is 0 Å². The Morgan fingerprint density at radius 1 is 0.667 bits per heavy atom. The molecular weight excluding hydrogens is 438 g/mol. The average Bonchev–Trinajstić information content (AvgIpc) is 3.36. The number of benzene rings is 4. The van der Waals surface area contributed by atoms with Crippen LogP contribution in [0.5, 0.6) is 0 Å². The van der Waals surface area contributed by atoms with E-state index in [1.807, 2.05) is 24.5 Å². The Balaban J connectivity index is 1.56. The summed E-state index contributed by atoms with van der Waals surface area (Å²) < 4.78 is 2.43. The molecule has 4 aromatic carbocycles. The lowest BCUT2D eigenvalue weighted by Crippen LogP contribution is -2.15. The van der Waals surface area contributed by atoms with Crippen molar-refractivity contribution in [1.82, 2.24) is 14.5 Å². The van der Waals surface area contributed by atoms with Gasteiger partial charge in [0.25, 0.3) is 0 Å². The van der Waals surface area contributed by atoms with Gasteiger partial charge in [-0.2, -0.15) is 0 Å². The Hall–Kier alpha value is -4.50. The fourth-order valence-electron chi connectivity index (χ4n) is 6.36. The van der Waals surface area contributed by atoms with Gasteiger partial charge in [-0.15, -0.1) is 0 Å². The predicted molar refractivity (Wildman–Crippen MR) is 149 cm³/mol. The Morgan fingerprint density at radius 2 is 1.53 bits per heavy atom. The van der Waals surface area contributed by atoms with Gasteiger partial charge in [-0.3, -0.25) is 9.97 Å². The van der Waals surface area contributed by atoms with Crippen LogP contribution in [0.3, 0.4) is 0 Å². The van der Waals surface area contributed by atoms with Crippen molar-refractivity contribution >= 4 is 43.6 Å². The van der Waals surface area contributed by atoms with Gasteiger partial charge in [0.1, 0.15) is 0 Å². The minimum Gasteiger partial charge on any atom is -0.309 e. The van der Waals surface area contributed by atoms with Crippen LogP contribution >= 0.6 is 0 Å². The first-order chi connectivity index (χ1) is 17.6. The van der Waals surface area contributed by atoms with E-state index >= 15 is 0 Å². The Bertz CT molecular complexity index is 2030. The molecule has 0 atom stereocenters. The second kappa shape index (κ2) is 6.79. The molecule has 0 saturated heterocycles. The van der Waals surface area contributed by atoms with E-state index in [2.05, 4.69) is 102 Å². The normalized spacial score (nSPS) is 14.1. The predicted octanol–water partition coefficient (Wildman–Crippen LogP) is 8.19. The highest BCUT2D eigenvalue weighted by Crippen LogP contribution is 2.51. The molecule has 3 heteroatoms. The van der Waals surface area contributed by atoms with Crippen molar-refractivity contribution in [2.45, 2.75) is 19.3 Å². The lowest BCUT2D eigenvalue weighted by molar-refractivity contribution is 0.661. The van der Waals surface area contributed by atoms with Crippen LogP contribution in [0.15, 0.2) is 103 Å². The summed E-state index contributed by atoms with van der Waals surface area (Å²) >= 11 is 0. The second-order valence-corrected chi connectivity index (χ2v) is 10.3. The minimum absolute atomic E-state index is 0.0572. The Labute approximate surface area is 208 Å². The Kier molecular flexibility index (Phi) is 3.73. The first-order valence-electron chi connectivity index (χ1n) is 12.4. The van der Waals surface area contributed by atoms with E-state index in [-0.39, 0.29) is 5.41 Å². The molecule has 170 valence electrons. The summed E-state index contributed by atoms with van der Waals surface area (Å²) in [5, 5.41) is 4.77. The lowest BCUT2D eigenvalue weighted by Gasteiger charge is -2.22. The van der Waals surface area contributed by atoms with Crippen LogP contribution in [0.2, 0.25) is 0 Å².